The van der Waals surface area contributed by atoms with Crippen molar-refractivity contribution in [1.82, 2.24) is 5.01 Å². The van der Waals surface area contributed by atoms with E-state index in [2.05, 4.69) is 24.3 Å². The maximum Gasteiger partial charge on any atom is 0.321 e. The van der Waals surface area contributed by atoms with Crippen molar-refractivity contribution in [3.63, 3.8) is 0 Å². The van der Waals surface area contributed by atoms with Gasteiger partial charge in [-0.25, -0.2) is 0 Å². The Morgan fingerprint density at radius 3 is 2.17 bits per heavy atom. The fraction of sp³-hybridized carbons (Fsp3) is 0.344. The zero-order chi connectivity index (χ0) is 28.6. The molecule has 41 heavy (non-hydrogen) atoms. The van der Waals surface area contributed by atoms with Crippen molar-refractivity contribution < 1.29 is 33.3 Å². The van der Waals surface area contributed by atoms with Gasteiger partial charge in [-0.15, -0.1) is 0 Å². The summed E-state index contributed by atoms with van der Waals surface area (Å²) in [5.41, 5.74) is 2.81. The number of carbonyl (C=O) groups excluding carboxylic acids is 2. The van der Waals surface area contributed by atoms with Gasteiger partial charge < -0.3 is 23.7 Å². The van der Waals surface area contributed by atoms with Crippen molar-refractivity contribution >= 4 is 18.2 Å². The van der Waals surface area contributed by atoms with Crippen LogP contribution in [0.25, 0.3) is 0 Å². The number of benzene rings is 3. The predicted molar refractivity (Wildman–Crippen MR) is 152 cm³/mol. The molecular formula is C32H34N2O7. The molecule has 0 aliphatic carbocycles. The van der Waals surface area contributed by atoms with E-state index in [-0.39, 0.29) is 18.9 Å². The lowest BCUT2D eigenvalue weighted by Gasteiger charge is -2.26. The van der Waals surface area contributed by atoms with Gasteiger partial charge in [0.1, 0.15) is 6.10 Å². The van der Waals surface area contributed by atoms with Gasteiger partial charge in [-0.1, -0.05) is 66.7 Å². The average molecular weight is 559 g/mol. The molecule has 0 radical (unpaired) electrons. The van der Waals surface area contributed by atoms with E-state index in [4.69, 9.17) is 28.8 Å². The van der Waals surface area contributed by atoms with Crippen molar-refractivity contribution in [2.45, 2.75) is 30.9 Å². The summed E-state index contributed by atoms with van der Waals surface area (Å²) in [4.78, 5) is 25.6. The van der Waals surface area contributed by atoms with E-state index in [1.807, 2.05) is 41.4 Å². The highest BCUT2D eigenvalue weighted by atomic mass is 16.7. The minimum absolute atomic E-state index is 0.0216. The first-order valence-corrected chi connectivity index (χ1v) is 13.7. The SMILES string of the molecule is COC(=O)C(C(=O)OC)[C@H](/C=N/N1CCC[C@H]1COC(c1ccccc1)c1ccccc1)c1ccc2c(c1)OCO2. The molecule has 9 nitrogen and oxygen atoms in total. The number of rotatable bonds is 11. The van der Waals surface area contributed by atoms with Crippen molar-refractivity contribution in [1.29, 1.82) is 0 Å². The van der Waals surface area contributed by atoms with Gasteiger partial charge in [0.05, 0.1) is 26.9 Å². The van der Waals surface area contributed by atoms with Gasteiger partial charge in [0.25, 0.3) is 0 Å². The number of carbonyl (C=O) groups is 2. The summed E-state index contributed by atoms with van der Waals surface area (Å²) in [6.07, 6.45) is 3.26. The molecule has 9 heteroatoms. The topological polar surface area (TPSA) is 95.9 Å². The molecule has 5 rings (SSSR count). The van der Waals surface area contributed by atoms with Crippen LogP contribution in [0.4, 0.5) is 0 Å². The van der Waals surface area contributed by atoms with Crippen LogP contribution in [0, 0.1) is 5.92 Å². The number of hydrazone groups is 1. The summed E-state index contributed by atoms with van der Waals surface area (Å²) in [6, 6.07) is 25.6. The Balaban J connectivity index is 1.38. The third-order valence-electron chi connectivity index (χ3n) is 7.43. The van der Waals surface area contributed by atoms with Crippen LogP contribution >= 0.6 is 0 Å². The van der Waals surface area contributed by atoms with Crippen LogP contribution in [0.1, 0.15) is 41.6 Å². The van der Waals surface area contributed by atoms with Crippen molar-refractivity contribution in [2.24, 2.45) is 11.0 Å². The monoisotopic (exact) mass is 558 g/mol. The van der Waals surface area contributed by atoms with Gasteiger partial charge in [0.15, 0.2) is 17.4 Å². The molecule has 0 saturated carbocycles. The smallest absolute Gasteiger partial charge is 0.321 e. The summed E-state index contributed by atoms with van der Waals surface area (Å²) in [5, 5.41) is 6.76. The Bertz CT molecular complexity index is 1290. The van der Waals surface area contributed by atoms with Crippen molar-refractivity contribution in [2.75, 3.05) is 34.2 Å². The molecule has 2 aliphatic heterocycles. The van der Waals surface area contributed by atoms with Crippen LogP contribution in [0.3, 0.4) is 0 Å². The molecule has 0 aromatic heterocycles. The fourth-order valence-corrected chi connectivity index (χ4v) is 5.28. The molecule has 3 aromatic carbocycles. The highest BCUT2D eigenvalue weighted by molar-refractivity contribution is 5.99. The molecule has 0 N–H and O–H groups in total. The summed E-state index contributed by atoms with van der Waals surface area (Å²) in [6.45, 7) is 1.29. The summed E-state index contributed by atoms with van der Waals surface area (Å²) < 4.78 is 27.5. The molecule has 0 unspecified atom stereocenters. The van der Waals surface area contributed by atoms with Crippen molar-refractivity contribution in [3.8, 4) is 11.5 Å². The maximum absolute atomic E-state index is 12.8. The molecule has 2 aliphatic rings. The van der Waals surface area contributed by atoms with E-state index >= 15 is 0 Å². The van der Waals surface area contributed by atoms with Gasteiger partial charge in [-0.05, 0) is 41.7 Å². The second-order valence-electron chi connectivity index (χ2n) is 9.92. The Morgan fingerprint density at radius 2 is 1.54 bits per heavy atom. The molecule has 3 aromatic rings. The second-order valence-corrected chi connectivity index (χ2v) is 9.92. The number of hydrogen-bond acceptors (Lipinski definition) is 9. The third kappa shape index (κ3) is 6.52. The standard InChI is InChI=1S/C32H34N2O7/c1-37-31(35)29(32(36)38-2)26(24-15-16-27-28(18-24)41-21-40-27)19-33-34-17-9-14-25(34)20-39-30(22-10-5-3-6-11-22)23-12-7-4-8-13-23/h3-8,10-13,15-16,18-19,25-26,29-30H,9,14,17,20-21H2,1-2H3/b33-19+/t25-,26+/m0/s1. The number of hydrogen-bond donors (Lipinski definition) is 0. The van der Waals surface area contributed by atoms with Gasteiger partial charge >= 0.3 is 11.9 Å². The Hall–Kier alpha value is -4.37. The summed E-state index contributed by atoms with van der Waals surface area (Å²) in [5.74, 6) is -2.28. The van der Waals surface area contributed by atoms with Gasteiger partial charge in [-0.3, -0.25) is 14.6 Å². The van der Waals surface area contributed by atoms with E-state index in [0.717, 1.165) is 30.5 Å². The summed E-state index contributed by atoms with van der Waals surface area (Å²) >= 11 is 0. The molecule has 0 bridgehead atoms. The first-order valence-electron chi connectivity index (χ1n) is 13.7. The van der Waals surface area contributed by atoms with E-state index in [0.29, 0.717) is 23.7 Å². The lowest BCUT2D eigenvalue weighted by atomic mass is 9.86. The van der Waals surface area contributed by atoms with Crippen LogP contribution < -0.4 is 9.47 Å². The highest BCUT2D eigenvalue weighted by Crippen LogP contribution is 2.37. The number of ether oxygens (including phenoxy) is 5. The van der Waals surface area contributed by atoms with Gasteiger partial charge in [-0.2, -0.15) is 5.10 Å². The predicted octanol–water partition coefficient (Wildman–Crippen LogP) is 4.72. The summed E-state index contributed by atoms with van der Waals surface area (Å²) in [7, 11) is 2.49. The Morgan fingerprint density at radius 1 is 0.902 bits per heavy atom. The minimum Gasteiger partial charge on any atom is -0.468 e. The third-order valence-corrected chi connectivity index (χ3v) is 7.43. The first-order chi connectivity index (χ1) is 20.1. The molecule has 0 amide bonds. The lowest BCUT2D eigenvalue weighted by molar-refractivity contribution is -0.159. The van der Waals surface area contributed by atoms with E-state index < -0.39 is 23.8 Å². The quantitative estimate of drug-likeness (QED) is 0.190. The van der Waals surface area contributed by atoms with E-state index in [1.54, 1.807) is 24.4 Å². The lowest BCUT2D eigenvalue weighted by Crippen LogP contribution is -2.34. The fourth-order valence-electron chi connectivity index (χ4n) is 5.28. The van der Waals surface area contributed by atoms with Crippen molar-refractivity contribution in [3.05, 3.63) is 95.6 Å². The van der Waals surface area contributed by atoms with Crippen LogP contribution in [-0.2, 0) is 23.8 Å². The molecular weight excluding hydrogens is 524 g/mol. The Kier molecular flexibility index (Phi) is 9.15. The van der Waals surface area contributed by atoms with Crippen LogP contribution in [0.5, 0.6) is 11.5 Å². The molecule has 2 heterocycles. The maximum atomic E-state index is 12.8. The van der Waals surface area contributed by atoms with Gasteiger partial charge in [0.2, 0.25) is 6.79 Å². The largest absolute Gasteiger partial charge is 0.468 e. The highest BCUT2D eigenvalue weighted by Gasteiger charge is 2.38. The molecule has 214 valence electrons. The molecule has 1 saturated heterocycles. The number of esters is 2. The van der Waals surface area contributed by atoms with E-state index in [1.165, 1.54) is 14.2 Å². The Labute approximate surface area is 239 Å². The van der Waals surface area contributed by atoms with E-state index in [9.17, 15) is 9.59 Å². The minimum atomic E-state index is -1.24. The van der Waals surface area contributed by atoms with Crippen LogP contribution in [-0.4, -0.2) is 63.4 Å². The zero-order valence-corrected chi connectivity index (χ0v) is 23.2. The zero-order valence-electron chi connectivity index (χ0n) is 23.2. The number of methoxy groups -OCH3 is 2. The normalized spacial score (nSPS) is 16.9. The number of nitrogens with zero attached hydrogens (tertiary/aromatic N) is 2. The van der Waals surface area contributed by atoms with Crippen LogP contribution in [0.2, 0.25) is 0 Å². The molecule has 0 spiro atoms. The second kappa shape index (κ2) is 13.3. The number of fused-ring (bicyclic) bond motifs is 1. The first kappa shape index (κ1) is 28.2. The molecule has 2 atom stereocenters. The average Bonchev–Trinajstić information content (AvgIpc) is 3.68. The van der Waals surface area contributed by atoms with Gasteiger partial charge in [0, 0.05) is 18.7 Å². The molecule has 1 fully saturated rings. The van der Waals surface area contributed by atoms with Crippen LogP contribution in [0.15, 0.2) is 84.0 Å².